The standard InChI is InChI=1S/3C4H9O2.Fe/c3*1-2-6-4-3-5;/h3*2-4H2,1H3;/q3*-1;+3. The molecule has 0 aliphatic heterocycles. The molecule has 0 amide bonds. The molecule has 6 nitrogen and oxygen atoms in total. The molecule has 0 saturated carbocycles. The van der Waals surface area contributed by atoms with Crippen LogP contribution in [-0.2, 0) is 31.3 Å². The molecule has 0 aromatic heterocycles. The van der Waals surface area contributed by atoms with Gasteiger partial charge in [-0.05, 0) is 20.8 Å². The minimum Gasteiger partial charge on any atom is -0.853 e. The Hall–Kier alpha value is 0.279. The average Bonchev–Trinajstić information content (AvgIpc) is 2.42. The van der Waals surface area contributed by atoms with E-state index < -0.39 is 0 Å². The van der Waals surface area contributed by atoms with Gasteiger partial charge in [-0.3, -0.25) is 0 Å². The van der Waals surface area contributed by atoms with Gasteiger partial charge in [0.15, 0.2) is 0 Å². The summed E-state index contributed by atoms with van der Waals surface area (Å²) in [7, 11) is 0. The molecule has 0 heterocycles. The molecule has 0 fully saturated rings. The minimum atomic E-state index is -0.117. The van der Waals surface area contributed by atoms with Crippen molar-refractivity contribution in [2.75, 3.05) is 59.5 Å². The van der Waals surface area contributed by atoms with Crippen LogP contribution in [0.5, 0.6) is 0 Å². The molecule has 0 aliphatic rings. The Morgan fingerprint density at radius 3 is 0.842 bits per heavy atom. The van der Waals surface area contributed by atoms with Crippen LogP contribution in [0.25, 0.3) is 0 Å². The summed E-state index contributed by atoms with van der Waals surface area (Å²) in [5.41, 5.74) is 0. The SMILES string of the molecule is CCOCC[O-].CCOCC[O-].CCOCC[O-].[Fe+3]. The van der Waals surface area contributed by atoms with Crippen LogP contribution in [0.2, 0.25) is 0 Å². The van der Waals surface area contributed by atoms with Gasteiger partial charge in [-0.25, -0.2) is 0 Å². The molecule has 119 valence electrons. The zero-order chi connectivity index (χ0) is 14.5. The summed E-state index contributed by atoms with van der Waals surface area (Å²) in [6.07, 6.45) is 0. The normalized spacial score (nSPS) is 8.53. The number of hydrogen-bond donors (Lipinski definition) is 0. The molecule has 1 radical (unpaired) electrons. The molecule has 0 aromatic carbocycles. The third kappa shape index (κ3) is 56.3. The van der Waals surface area contributed by atoms with Crippen molar-refractivity contribution in [3.63, 3.8) is 0 Å². The monoisotopic (exact) mass is 323 g/mol. The topological polar surface area (TPSA) is 96.9 Å². The Kier molecular flexibility index (Phi) is 52.6. The first-order valence-electron chi connectivity index (χ1n) is 6.22. The van der Waals surface area contributed by atoms with Crippen LogP contribution in [0.15, 0.2) is 0 Å². The maximum Gasteiger partial charge on any atom is 3.00 e. The van der Waals surface area contributed by atoms with Gasteiger partial charge in [0, 0.05) is 39.6 Å². The van der Waals surface area contributed by atoms with Crippen molar-refractivity contribution >= 4 is 0 Å². The zero-order valence-corrected chi connectivity index (χ0v) is 13.3. The van der Waals surface area contributed by atoms with Crippen molar-refractivity contribution in [1.82, 2.24) is 0 Å². The largest absolute Gasteiger partial charge is 3.00 e. The fourth-order valence-corrected chi connectivity index (χ4v) is 0.610. The van der Waals surface area contributed by atoms with E-state index in [9.17, 15) is 15.3 Å². The van der Waals surface area contributed by atoms with Gasteiger partial charge in [0.1, 0.15) is 0 Å². The first-order valence-corrected chi connectivity index (χ1v) is 6.22. The third-order valence-corrected chi connectivity index (χ3v) is 1.30. The van der Waals surface area contributed by atoms with Crippen molar-refractivity contribution in [2.45, 2.75) is 20.8 Å². The van der Waals surface area contributed by atoms with E-state index in [1.54, 1.807) is 0 Å². The van der Waals surface area contributed by atoms with Crippen LogP contribution in [0, 0.1) is 0 Å². The quantitative estimate of drug-likeness (QED) is 0.365. The first kappa shape index (κ1) is 27.6. The van der Waals surface area contributed by atoms with E-state index >= 15 is 0 Å². The molecule has 0 saturated heterocycles. The predicted octanol–water partition coefficient (Wildman–Crippen LogP) is -1.85. The predicted molar refractivity (Wildman–Crippen MR) is 64.1 cm³/mol. The average molecular weight is 323 g/mol. The van der Waals surface area contributed by atoms with Gasteiger partial charge >= 0.3 is 17.1 Å². The zero-order valence-electron chi connectivity index (χ0n) is 12.2. The molecule has 0 unspecified atom stereocenters. The molecule has 0 bridgehead atoms. The molecule has 7 heteroatoms. The minimum absolute atomic E-state index is 0. The summed E-state index contributed by atoms with van der Waals surface area (Å²) in [6.45, 7) is 8.30. The number of hydrogen-bond acceptors (Lipinski definition) is 6. The number of ether oxygens (including phenoxy) is 3. The summed E-state index contributed by atoms with van der Waals surface area (Å²) in [5, 5.41) is 28.7. The van der Waals surface area contributed by atoms with Crippen molar-refractivity contribution in [2.24, 2.45) is 0 Å². The van der Waals surface area contributed by atoms with E-state index in [4.69, 9.17) is 0 Å². The molecular weight excluding hydrogens is 296 g/mol. The van der Waals surface area contributed by atoms with Crippen LogP contribution in [-0.4, -0.2) is 59.5 Å². The van der Waals surface area contributed by atoms with E-state index in [0.717, 1.165) is 0 Å². The van der Waals surface area contributed by atoms with Gasteiger partial charge in [-0.2, -0.15) is 0 Å². The third-order valence-electron chi connectivity index (χ3n) is 1.30. The molecule has 0 N–H and O–H groups in total. The Morgan fingerprint density at radius 2 is 0.789 bits per heavy atom. The van der Waals surface area contributed by atoms with Crippen molar-refractivity contribution in [3.8, 4) is 0 Å². The van der Waals surface area contributed by atoms with E-state index in [2.05, 4.69) is 14.2 Å². The van der Waals surface area contributed by atoms with Crippen LogP contribution in [0.3, 0.4) is 0 Å². The molecule has 0 spiro atoms. The Morgan fingerprint density at radius 1 is 0.579 bits per heavy atom. The molecule has 0 atom stereocenters. The first-order chi connectivity index (χ1) is 8.74. The molecule has 0 rings (SSSR count). The smallest absolute Gasteiger partial charge is 0.853 e. The molecule has 19 heavy (non-hydrogen) atoms. The van der Waals surface area contributed by atoms with Crippen LogP contribution in [0.1, 0.15) is 20.8 Å². The van der Waals surface area contributed by atoms with Crippen LogP contribution in [0.4, 0.5) is 0 Å². The molecule has 0 aliphatic carbocycles. The second-order valence-electron chi connectivity index (χ2n) is 2.70. The summed E-state index contributed by atoms with van der Waals surface area (Å²) < 4.78 is 14.0. The number of rotatable bonds is 9. The van der Waals surface area contributed by atoms with Gasteiger partial charge in [0.05, 0.1) is 0 Å². The van der Waals surface area contributed by atoms with E-state index in [1.165, 1.54) is 0 Å². The van der Waals surface area contributed by atoms with E-state index in [-0.39, 0.29) is 36.9 Å². The van der Waals surface area contributed by atoms with Crippen molar-refractivity contribution in [3.05, 3.63) is 0 Å². The Labute approximate surface area is 127 Å². The summed E-state index contributed by atoms with van der Waals surface area (Å²) in [4.78, 5) is 0. The van der Waals surface area contributed by atoms with E-state index in [0.29, 0.717) is 39.6 Å². The van der Waals surface area contributed by atoms with Gasteiger partial charge in [0.2, 0.25) is 0 Å². The van der Waals surface area contributed by atoms with Gasteiger partial charge in [-0.15, -0.1) is 19.8 Å². The molecule has 0 aromatic rings. The molecular formula is C12H27FeO6. The van der Waals surface area contributed by atoms with Crippen molar-refractivity contribution < 1.29 is 46.6 Å². The van der Waals surface area contributed by atoms with Crippen LogP contribution >= 0.6 is 0 Å². The second kappa shape index (κ2) is 36.2. The summed E-state index contributed by atoms with van der Waals surface area (Å²) >= 11 is 0. The summed E-state index contributed by atoms with van der Waals surface area (Å²) in [5.74, 6) is 0. The maximum atomic E-state index is 9.56. The fourth-order valence-electron chi connectivity index (χ4n) is 0.610. The van der Waals surface area contributed by atoms with E-state index in [1.807, 2.05) is 20.8 Å². The fraction of sp³-hybridized carbons (Fsp3) is 1.00. The van der Waals surface area contributed by atoms with Crippen molar-refractivity contribution in [1.29, 1.82) is 0 Å². The second-order valence-corrected chi connectivity index (χ2v) is 2.70. The summed E-state index contributed by atoms with van der Waals surface area (Å²) in [6, 6.07) is 0. The van der Waals surface area contributed by atoms with Crippen LogP contribution < -0.4 is 15.3 Å². The Bertz CT molecular complexity index is 77.2. The Balaban J connectivity index is -0.0000000865. The maximum absolute atomic E-state index is 9.56. The van der Waals surface area contributed by atoms with Gasteiger partial charge < -0.3 is 29.5 Å². The van der Waals surface area contributed by atoms with Gasteiger partial charge in [-0.1, -0.05) is 0 Å². The van der Waals surface area contributed by atoms with Gasteiger partial charge in [0.25, 0.3) is 0 Å².